The predicted molar refractivity (Wildman–Crippen MR) is 107 cm³/mol. The summed E-state index contributed by atoms with van der Waals surface area (Å²) in [5.41, 5.74) is -0.0431. The molecule has 2 aliphatic rings. The number of nitrogens with one attached hydrogen (secondary N) is 1. The molecule has 7 heteroatoms. The van der Waals surface area contributed by atoms with Crippen molar-refractivity contribution in [3.05, 3.63) is 39.9 Å². The smallest absolute Gasteiger partial charge is 0.344 e. The lowest BCUT2D eigenvalue weighted by atomic mass is 10.1. The summed E-state index contributed by atoms with van der Waals surface area (Å²) in [5, 5.41) is 3.49. The molecule has 0 atom stereocenters. The molecule has 0 spiro atoms. The summed E-state index contributed by atoms with van der Waals surface area (Å²) in [4.78, 5) is 27.6. The van der Waals surface area contributed by atoms with E-state index in [0.29, 0.717) is 24.3 Å². The summed E-state index contributed by atoms with van der Waals surface area (Å²) in [6, 6.07) is 3.27. The molecule has 6 nitrogen and oxygen atoms in total. The van der Waals surface area contributed by atoms with E-state index >= 15 is 0 Å². The van der Waals surface area contributed by atoms with Crippen LogP contribution in [0.1, 0.15) is 50.0 Å². The van der Waals surface area contributed by atoms with Gasteiger partial charge < -0.3 is 19.5 Å². The molecular formula is C21H26FN3O3. The lowest BCUT2D eigenvalue weighted by Crippen LogP contribution is -2.43. The second-order valence-corrected chi connectivity index (χ2v) is 8.57. The number of anilines is 1. The summed E-state index contributed by atoms with van der Waals surface area (Å²) in [6.07, 6.45) is 3.55. The van der Waals surface area contributed by atoms with Crippen LogP contribution in [0, 0.1) is 5.82 Å². The number of carbonyl (C=O) groups is 1. The topological polar surface area (TPSA) is 63.6 Å². The van der Waals surface area contributed by atoms with Gasteiger partial charge >= 0.3 is 5.97 Å². The Kier molecular flexibility index (Phi) is 4.65. The van der Waals surface area contributed by atoms with Gasteiger partial charge in [-0.3, -0.25) is 4.79 Å². The monoisotopic (exact) mass is 387 g/mol. The lowest BCUT2D eigenvalue weighted by molar-refractivity contribution is 0.00674. The molecule has 28 heavy (non-hydrogen) atoms. The summed E-state index contributed by atoms with van der Waals surface area (Å²) in [7, 11) is 0. The molecule has 4 rings (SSSR count). The minimum Gasteiger partial charge on any atom is -0.456 e. The third kappa shape index (κ3) is 3.63. The number of nitrogens with zero attached hydrogens (tertiary/aromatic N) is 2. The van der Waals surface area contributed by atoms with Crippen molar-refractivity contribution in [3.8, 4) is 0 Å². The van der Waals surface area contributed by atoms with Crippen molar-refractivity contribution in [2.45, 2.75) is 45.3 Å². The number of ether oxygens (including phenoxy) is 1. The molecule has 1 aromatic heterocycles. The Morgan fingerprint density at radius 3 is 2.50 bits per heavy atom. The number of rotatable bonds is 3. The van der Waals surface area contributed by atoms with Gasteiger partial charge in [0.15, 0.2) is 0 Å². The number of fused-ring (bicyclic) bond motifs is 1. The Morgan fingerprint density at radius 2 is 1.89 bits per heavy atom. The van der Waals surface area contributed by atoms with Gasteiger partial charge in [-0.2, -0.15) is 0 Å². The van der Waals surface area contributed by atoms with Crippen LogP contribution in [0.4, 0.5) is 10.1 Å². The van der Waals surface area contributed by atoms with Gasteiger partial charge in [0.25, 0.3) is 0 Å². The number of pyridine rings is 1. The van der Waals surface area contributed by atoms with Crippen LogP contribution in [-0.2, 0) is 4.74 Å². The fourth-order valence-electron chi connectivity index (χ4n) is 3.64. The van der Waals surface area contributed by atoms with E-state index in [1.54, 1.807) is 33.0 Å². The highest BCUT2D eigenvalue weighted by atomic mass is 19.1. The van der Waals surface area contributed by atoms with E-state index in [4.69, 9.17) is 4.74 Å². The molecule has 0 unspecified atom stereocenters. The van der Waals surface area contributed by atoms with Crippen LogP contribution in [0.2, 0.25) is 0 Å². The van der Waals surface area contributed by atoms with Gasteiger partial charge in [0.05, 0.1) is 11.2 Å². The minimum absolute atomic E-state index is 0.0383. The maximum Gasteiger partial charge on any atom is 0.344 e. The van der Waals surface area contributed by atoms with Gasteiger partial charge in [-0.05, 0) is 45.7 Å². The second kappa shape index (κ2) is 6.88. The zero-order chi connectivity index (χ0) is 20.1. The van der Waals surface area contributed by atoms with E-state index in [1.807, 2.05) is 9.47 Å². The number of piperazine rings is 1. The third-order valence-corrected chi connectivity index (χ3v) is 5.12. The predicted octanol–water partition coefficient (Wildman–Crippen LogP) is 2.84. The average Bonchev–Trinajstić information content (AvgIpc) is 3.46. The zero-order valence-electron chi connectivity index (χ0n) is 16.5. The molecule has 1 aliphatic carbocycles. The van der Waals surface area contributed by atoms with Crippen molar-refractivity contribution in [2.75, 3.05) is 31.1 Å². The Morgan fingerprint density at radius 1 is 1.21 bits per heavy atom. The van der Waals surface area contributed by atoms with Gasteiger partial charge in [0.2, 0.25) is 5.43 Å². The van der Waals surface area contributed by atoms with Gasteiger partial charge in [-0.1, -0.05) is 0 Å². The number of hydrogen-bond acceptors (Lipinski definition) is 5. The highest BCUT2D eigenvalue weighted by Crippen LogP contribution is 2.38. The summed E-state index contributed by atoms with van der Waals surface area (Å²) >= 11 is 0. The van der Waals surface area contributed by atoms with E-state index < -0.39 is 22.8 Å². The molecule has 150 valence electrons. The number of benzene rings is 1. The van der Waals surface area contributed by atoms with Gasteiger partial charge in [-0.25, -0.2) is 9.18 Å². The molecule has 1 aromatic carbocycles. The molecule has 2 heterocycles. The summed E-state index contributed by atoms with van der Waals surface area (Å²) in [6.45, 7) is 8.29. The fourth-order valence-corrected chi connectivity index (χ4v) is 3.64. The largest absolute Gasteiger partial charge is 0.456 e. The highest BCUT2D eigenvalue weighted by molar-refractivity contribution is 5.95. The number of halogens is 1. The molecule has 2 fully saturated rings. The zero-order valence-corrected chi connectivity index (χ0v) is 16.5. The number of carbonyl (C=O) groups excluding carboxylic acids is 1. The molecule has 1 aliphatic heterocycles. The molecule has 1 saturated heterocycles. The lowest BCUT2D eigenvalue weighted by Gasteiger charge is -2.30. The first-order chi connectivity index (χ1) is 13.2. The second-order valence-electron chi connectivity index (χ2n) is 8.57. The van der Waals surface area contributed by atoms with Crippen molar-refractivity contribution in [3.63, 3.8) is 0 Å². The van der Waals surface area contributed by atoms with E-state index in [9.17, 15) is 14.0 Å². The van der Waals surface area contributed by atoms with Crippen molar-refractivity contribution >= 4 is 22.6 Å². The first-order valence-electron chi connectivity index (χ1n) is 9.82. The van der Waals surface area contributed by atoms with Crippen LogP contribution < -0.4 is 15.6 Å². The molecule has 1 N–H and O–H groups in total. The molecule has 0 amide bonds. The van der Waals surface area contributed by atoms with Crippen molar-refractivity contribution in [2.24, 2.45) is 0 Å². The Labute approximate surface area is 163 Å². The normalized spacial score (nSPS) is 17.8. The minimum atomic E-state index is -0.708. The van der Waals surface area contributed by atoms with Crippen LogP contribution in [0.3, 0.4) is 0 Å². The van der Waals surface area contributed by atoms with Crippen LogP contribution in [0.5, 0.6) is 0 Å². The number of esters is 1. The third-order valence-electron chi connectivity index (χ3n) is 5.12. The van der Waals surface area contributed by atoms with E-state index in [1.165, 1.54) is 6.07 Å². The molecular weight excluding hydrogens is 361 g/mol. The molecule has 1 saturated carbocycles. The quantitative estimate of drug-likeness (QED) is 0.821. The Bertz CT molecular complexity index is 983. The van der Waals surface area contributed by atoms with Gasteiger partial charge in [0, 0.05) is 43.8 Å². The maximum atomic E-state index is 14.9. The number of hydrogen-bond donors (Lipinski definition) is 1. The molecule has 0 radical (unpaired) electrons. The standard InChI is InChI=1S/C21H26FN3O3/c1-21(2,3)28-20(27)15-12-25(13-4-5-13)17-11-18(24-8-6-23-7-9-24)16(22)10-14(17)19(15)26/h10-13,23H,4-9H2,1-3H3. The first kappa shape index (κ1) is 18.9. The molecule has 0 bridgehead atoms. The van der Waals surface area contributed by atoms with Crippen LogP contribution in [0.25, 0.3) is 10.9 Å². The van der Waals surface area contributed by atoms with Crippen molar-refractivity contribution < 1.29 is 13.9 Å². The highest BCUT2D eigenvalue weighted by Gasteiger charge is 2.29. The van der Waals surface area contributed by atoms with E-state index in [2.05, 4.69) is 5.32 Å². The maximum absolute atomic E-state index is 14.9. The van der Waals surface area contributed by atoms with Crippen molar-refractivity contribution in [1.82, 2.24) is 9.88 Å². The summed E-state index contributed by atoms with van der Waals surface area (Å²) in [5.74, 6) is -1.10. The first-order valence-corrected chi connectivity index (χ1v) is 9.82. The van der Waals surface area contributed by atoms with Crippen LogP contribution in [-0.4, -0.2) is 42.3 Å². The van der Waals surface area contributed by atoms with Crippen LogP contribution >= 0.6 is 0 Å². The van der Waals surface area contributed by atoms with Gasteiger partial charge in [-0.15, -0.1) is 0 Å². The van der Waals surface area contributed by atoms with Gasteiger partial charge in [0.1, 0.15) is 17.0 Å². The fraction of sp³-hybridized carbons (Fsp3) is 0.524. The number of aromatic nitrogens is 1. The van der Waals surface area contributed by atoms with Crippen molar-refractivity contribution in [1.29, 1.82) is 0 Å². The van der Waals surface area contributed by atoms with E-state index in [-0.39, 0.29) is 17.0 Å². The molecule has 2 aromatic rings. The van der Waals surface area contributed by atoms with Crippen LogP contribution in [0.15, 0.2) is 23.1 Å². The summed E-state index contributed by atoms with van der Waals surface area (Å²) < 4.78 is 22.3. The SMILES string of the molecule is CC(C)(C)OC(=O)c1cn(C2CC2)c2cc(N3CCNCC3)c(F)cc2c1=O. The Hall–Kier alpha value is -2.41. The Balaban J connectivity index is 1.86. The average molecular weight is 387 g/mol. The van der Waals surface area contributed by atoms with E-state index in [0.717, 1.165) is 25.9 Å².